The van der Waals surface area contributed by atoms with E-state index in [4.69, 9.17) is 0 Å². The van der Waals surface area contributed by atoms with Crippen LogP contribution in [0.25, 0.3) is 0 Å². The number of nitrogens with zero attached hydrogens (tertiary/aromatic N) is 2. The Morgan fingerprint density at radius 2 is 1.84 bits per heavy atom. The van der Waals surface area contributed by atoms with Crippen molar-refractivity contribution in [1.82, 2.24) is 4.98 Å². The minimum atomic E-state index is 0.0896. The predicted octanol–water partition coefficient (Wildman–Crippen LogP) is 3.94. The minimum absolute atomic E-state index is 0.0896. The fourth-order valence-electron chi connectivity index (χ4n) is 1.91. The fraction of sp³-hybridized carbons (Fsp3) is 0.250. The zero-order chi connectivity index (χ0) is 13.5. The van der Waals surface area contributed by atoms with E-state index in [2.05, 4.69) is 11.9 Å². The highest BCUT2D eigenvalue weighted by molar-refractivity contribution is 5.99. The van der Waals surface area contributed by atoms with Crippen LogP contribution in [0.4, 0.5) is 11.5 Å². The summed E-state index contributed by atoms with van der Waals surface area (Å²) < 4.78 is 0. The summed E-state index contributed by atoms with van der Waals surface area (Å²) in [6.07, 6.45) is 4.16. The first-order valence-electron chi connectivity index (χ1n) is 6.62. The molecule has 1 aromatic heterocycles. The number of anilines is 2. The Hall–Kier alpha value is -2.16. The smallest absolute Gasteiger partial charge is 0.232 e. The maximum atomic E-state index is 12.4. The van der Waals surface area contributed by atoms with Crippen LogP contribution in [-0.4, -0.2) is 10.9 Å². The van der Waals surface area contributed by atoms with Gasteiger partial charge in [-0.05, 0) is 30.7 Å². The van der Waals surface area contributed by atoms with Crippen LogP contribution >= 0.6 is 0 Å². The second kappa shape index (κ2) is 6.69. The number of para-hydroxylation sites is 1. The Morgan fingerprint density at radius 3 is 2.47 bits per heavy atom. The largest absolute Gasteiger partial charge is 0.274 e. The van der Waals surface area contributed by atoms with Gasteiger partial charge in [0.05, 0.1) is 5.69 Å². The molecule has 2 aromatic rings. The Kier molecular flexibility index (Phi) is 4.67. The van der Waals surface area contributed by atoms with Crippen LogP contribution in [0.15, 0.2) is 54.7 Å². The number of amides is 1. The van der Waals surface area contributed by atoms with E-state index >= 15 is 0 Å². The summed E-state index contributed by atoms with van der Waals surface area (Å²) in [6, 6.07) is 15.3. The van der Waals surface area contributed by atoms with Crippen molar-refractivity contribution >= 4 is 17.4 Å². The van der Waals surface area contributed by atoms with E-state index in [1.165, 1.54) is 0 Å². The Bertz CT molecular complexity index is 471. The van der Waals surface area contributed by atoms with Crippen LogP contribution in [0, 0.1) is 0 Å². The molecule has 0 saturated carbocycles. The van der Waals surface area contributed by atoms with Gasteiger partial charge in [0.1, 0.15) is 5.82 Å². The van der Waals surface area contributed by atoms with E-state index in [9.17, 15) is 4.79 Å². The lowest BCUT2D eigenvalue weighted by molar-refractivity contribution is -0.118. The SMILES string of the molecule is CCCCC(=O)N(c1ccccc1)c1ccccn1. The molecule has 0 unspecified atom stereocenters. The van der Waals surface area contributed by atoms with Crippen molar-refractivity contribution in [1.29, 1.82) is 0 Å². The quantitative estimate of drug-likeness (QED) is 0.809. The first kappa shape index (κ1) is 13.3. The van der Waals surface area contributed by atoms with E-state index in [0.29, 0.717) is 12.2 Å². The highest BCUT2D eigenvalue weighted by Gasteiger charge is 2.17. The number of rotatable bonds is 5. The second-order valence-corrected chi connectivity index (χ2v) is 4.36. The van der Waals surface area contributed by atoms with Gasteiger partial charge in [0.25, 0.3) is 0 Å². The molecule has 2 rings (SSSR count). The standard InChI is InChI=1S/C16H18N2O/c1-2-3-12-16(19)18(14-9-5-4-6-10-14)15-11-7-8-13-17-15/h4-11,13H,2-3,12H2,1H3. The van der Waals surface area contributed by atoms with Crippen molar-refractivity contribution in [3.63, 3.8) is 0 Å². The molecule has 0 aliphatic rings. The third kappa shape index (κ3) is 3.41. The first-order valence-corrected chi connectivity index (χ1v) is 6.62. The van der Waals surface area contributed by atoms with Crippen LogP contribution in [-0.2, 0) is 4.79 Å². The topological polar surface area (TPSA) is 33.2 Å². The summed E-state index contributed by atoms with van der Waals surface area (Å²) >= 11 is 0. The van der Waals surface area contributed by atoms with Crippen molar-refractivity contribution in [3.8, 4) is 0 Å². The molecule has 0 radical (unpaired) electrons. The van der Waals surface area contributed by atoms with Crippen molar-refractivity contribution in [2.24, 2.45) is 0 Å². The minimum Gasteiger partial charge on any atom is -0.274 e. The van der Waals surface area contributed by atoms with Crippen molar-refractivity contribution in [3.05, 3.63) is 54.7 Å². The van der Waals surface area contributed by atoms with Crippen molar-refractivity contribution in [2.45, 2.75) is 26.2 Å². The Labute approximate surface area is 113 Å². The lowest BCUT2D eigenvalue weighted by Crippen LogP contribution is -2.26. The van der Waals surface area contributed by atoms with Crippen LogP contribution in [0.1, 0.15) is 26.2 Å². The van der Waals surface area contributed by atoms with Gasteiger partial charge in [0, 0.05) is 12.6 Å². The van der Waals surface area contributed by atoms with Gasteiger partial charge in [-0.15, -0.1) is 0 Å². The maximum absolute atomic E-state index is 12.4. The number of aromatic nitrogens is 1. The zero-order valence-corrected chi connectivity index (χ0v) is 11.1. The summed E-state index contributed by atoms with van der Waals surface area (Å²) in [5.74, 6) is 0.765. The molecular formula is C16H18N2O. The monoisotopic (exact) mass is 254 g/mol. The second-order valence-electron chi connectivity index (χ2n) is 4.36. The molecule has 1 heterocycles. The summed E-state index contributed by atoms with van der Waals surface area (Å²) in [5, 5.41) is 0. The summed E-state index contributed by atoms with van der Waals surface area (Å²) in [5.41, 5.74) is 0.863. The third-order valence-electron chi connectivity index (χ3n) is 2.89. The Balaban J connectivity index is 2.31. The molecule has 0 saturated heterocycles. The van der Waals surface area contributed by atoms with Crippen LogP contribution < -0.4 is 4.90 Å². The normalized spacial score (nSPS) is 10.2. The third-order valence-corrected chi connectivity index (χ3v) is 2.89. The van der Waals surface area contributed by atoms with E-state index in [-0.39, 0.29) is 5.91 Å². The molecule has 0 aliphatic carbocycles. The molecule has 1 aromatic carbocycles. The van der Waals surface area contributed by atoms with Gasteiger partial charge in [-0.25, -0.2) is 4.98 Å². The molecule has 0 N–H and O–H groups in total. The van der Waals surface area contributed by atoms with Gasteiger partial charge in [0.2, 0.25) is 5.91 Å². The number of pyridine rings is 1. The molecule has 98 valence electrons. The van der Waals surface area contributed by atoms with Gasteiger partial charge < -0.3 is 0 Å². The number of carbonyl (C=O) groups is 1. The molecule has 0 aliphatic heterocycles. The van der Waals surface area contributed by atoms with Crippen molar-refractivity contribution < 1.29 is 4.79 Å². The average Bonchev–Trinajstić information content (AvgIpc) is 2.47. The number of unbranched alkanes of at least 4 members (excludes halogenated alkanes) is 1. The summed E-state index contributed by atoms with van der Waals surface area (Å²) in [7, 11) is 0. The molecule has 0 atom stereocenters. The zero-order valence-electron chi connectivity index (χ0n) is 11.1. The van der Waals surface area contributed by atoms with Crippen molar-refractivity contribution in [2.75, 3.05) is 4.90 Å². The number of hydrogen-bond acceptors (Lipinski definition) is 2. The lowest BCUT2D eigenvalue weighted by atomic mass is 10.2. The van der Waals surface area contributed by atoms with Gasteiger partial charge in [0.15, 0.2) is 0 Å². The lowest BCUT2D eigenvalue weighted by Gasteiger charge is -2.21. The van der Waals surface area contributed by atoms with Gasteiger partial charge in [-0.3, -0.25) is 9.69 Å². The van der Waals surface area contributed by atoms with E-state index in [0.717, 1.165) is 18.5 Å². The van der Waals surface area contributed by atoms with Crippen LogP contribution in [0.5, 0.6) is 0 Å². The van der Waals surface area contributed by atoms with Crippen LogP contribution in [0.3, 0.4) is 0 Å². The molecule has 1 amide bonds. The summed E-state index contributed by atoms with van der Waals surface area (Å²) in [4.78, 5) is 18.4. The number of carbonyl (C=O) groups excluding carboxylic acids is 1. The average molecular weight is 254 g/mol. The highest BCUT2D eigenvalue weighted by atomic mass is 16.2. The molecule has 0 spiro atoms. The van der Waals surface area contributed by atoms with Gasteiger partial charge in [-0.2, -0.15) is 0 Å². The molecule has 3 heteroatoms. The van der Waals surface area contributed by atoms with Gasteiger partial charge >= 0.3 is 0 Å². The highest BCUT2D eigenvalue weighted by Crippen LogP contribution is 2.24. The van der Waals surface area contributed by atoms with E-state index in [1.54, 1.807) is 11.1 Å². The fourth-order valence-corrected chi connectivity index (χ4v) is 1.91. The van der Waals surface area contributed by atoms with E-state index in [1.807, 2.05) is 48.5 Å². The predicted molar refractivity (Wildman–Crippen MR) is 77.4 cm³/mol. The van der Waals surface area contributed by atoms with Crippen LogP contribution in [0.2, 0.25) is 0 Å². The first-order chi connectivity index (χ1) is 9.33. The molecular weight excluding hydrogens is 236 g/mol. The number of hydrogen-bond donors (Lipinski definition) is 0. The summed E-state index contributed by atoms with van der Waals surface area (Å²) in [6.45, 7) is 2.08. The molecule has 3 nitrogen and oxygen atoms in total. The number of benzene rings is 1. The maximum Gasteiger partial charge on any atom is 0.232 e. The molecule has 0 fully saturated rings. The van der Waals surface area contributed by atoms with E-state index < -0.39 is 0 Å². The van der Waals surface area contributed by atoms with Gasteiger partial charge in [-0.1, -0.05) is 37.6 Å². The molecule has 19 heavy (non-hydrogen) atoms. The molecule has 0 bridgehead atoms. The Morgan fingerprint density at radius 1 is 1.11 bits per heavy atom.